The molecule has 6 heteroatoms. The standard InChI is InChI=1S/C6H11N3O3/c1-2(10)3(7)4-5(11)9-6(12)8-4/h2-4,10H,7H2,1H3,(H2,8,9,11,12)/t2-,3+,4?/m1/s1. The van der Waals surface area contributed by atoms with Crippen LogP contribution in [0.15, 0.2) is 0 Å². The van der Waals surface area contributed by atoms with Gasteiger partial charge in [-0.2, -0.15) is 0 Å². The molecule has 3 amide bonds. The summed E-state index contributed by atoms with van der Waals surface area (Å²) in [5, 5.41) is 13.4. The summed E-state index contributed by atoms with van der Waals surface area (Å²) in [4.78, 5) is 21.6. The number of amides is 3. The van der Waals surface area contributed by atoms with Gasteiger partial charge in [-0.25, -0.2) is 4.79 Å². The lowest BCUT2D eigenvalue weighted by Gasteiger charge is -2.18. The quantitative estimate of drug-likeness (QED) is 0.359. The van der Waals surface area contributed by atoms with Crippen LogP contribution in [0.5, 0.6) is 0 Å². The Hall–Kier alpha value is -1.14. The molecule has 68 valence electrons. The molecule has 3 atom stereocenters. The SMILES string of the molecule is C[C@@H](O)[C@H](N)C1NC(=O)NC1=O. The van der Waals surface area contributed by atoms with Gasteiger partial charge in [0.25, 0.3) is 5.91 Å². The normalized spacial score (nSPS) is 27.8. The zero-order chi connectivity index (χ0) is 9.30. The van der Waals surface area contributed by atoms with E-state index in [1.165, 1.54) is 6.92 Å². The molecule has 0 aromatic carbocycles. The van der Waals surface area contributed by atoms with Crippen molar-refractivity contribution in [2.45, 2.75) is 25.1 Å². The average molecular weight is 173 g/mol. The fourth-order valence-electron chi connectivity index (χ4n) is 0.982. The van der Waals surface area contributed by atoms with E-state index in [0.717, 1.165) is 0 Å². The largest absolute Gasteiger partial charge is 0.392 e. The van der Waals surface area contributed by atoms with E-state index in [1.807, 2.05) is 5.32 Å². The molecule has 0 aromatic rings. The van der Waals surface area contributed by atoms with Gasteiger partial charge in [-0.3, -0.25) is 10.1 Å². The summed E-state index contributed by atoms with van der Waals surface area (Å²) in [5.74, 6) is -0.492. The van der Waals surface area contributed by atoms with E-state index in [4.69, 9.17) is 10.8 Å². The monoisotopic (exact) mass is 173 g/mol. The van der Waals surface area contributed by atoms with Crippen molar-refractivity contribution in [3.63, 3.8) is 0 Å². The van der Waals surface area contributed by atoms with Crippen molar-refractivity contribution in [3.8, 4) is 0 Å². The second-order valence-electron chi connectivity index (χ2n) is 2.76. The Morgan fingerprint density at radius 3 is 2.50 bits per heavy atom. The predicted octanol–water partition coefficient (Wildman–Crippen LogP) is -2.10. The molecule has 6 nitrogen and oxygen atoms in total. The van der Waals surface area contributed by atoms with E-state index >= 15 is 0 Å². The number of hydrogen-bond donors (Lipinski definition) is 4. The molecule has 1 unspecified atom stereocenters. The number of hydrogen-bond acceptors (Lipinski definition) is 4. The fourth-order valence-corrected chi connectivity index (χ4v) is 0.982. The van der Waals surface area contributed by atoms with Gasteiger partial charge in [-0.05, 0) is 6.92 Å². The van der Waals surface area contributed by atoms with Gasteiger partial charge < -0.3 is 16.2 Å². The van der Waals surface area contributed by atoms with Gasteiger partial charge in [0.1, 0.15) is 6.04 Å². The van der Waals surface area contributed by atoms with Crippen LogP contribution in [-0.4, -0.2) is 35.2 Å². The molecule has 1 aliphatic rings. The predicted molar refractivity (Wildman–Crippen MR) is 40.1 cm³/mol. The van der Waals surface area contributed by atoms with Crippen LogP contribution in [0.2, 0.25) is 0 Å². The molecule has 5 N–H and O–H groups in total. The van der Waals surface area contributed by atoms with Gasteiger partial charge in [-0.15, -0.1) is 0 Å². The highest BCUT2D eigenvalue weighted by Gasteiger charge is 2.36. The smallest absolute Gasteiger partial charge is 0.322 e. The van der Waals surface area contributed by atoms with Crippen molar-refractivity contribution in [1.82, 2.24) is 10.6 Å². The number of imide groups is 1. The molecule has 0 aromatic heterocycles. The highest BCUT2D eigenvalue weighted by molar-refractivity contribution is 6.04. The minimum Gasteiger partial charge on any atom is -0.392 e. The molecule has 1 saturated heterocycles. The summed E-state index contributed by atoms with van der Waals surface area (Å²) in [7, 11) is 0. The topological polar surface area (TPSA) is 104 Å². The molecular formula is C6H11N3O3. The van der Waals surface area contributed by atoms with Gasteiger partial charge in [0, 0.05) is 0 Å². The van der Waals surface area contributed by atoms with Gasteiger partial charge in [0.05, 0.1) is 12.1 Å². The molecule has 0 spiro atoms. The van der Waals surface area contributed by atoms with Crippen LogP contribution in [0.1, 0.15) is 6.92 Å². The van der Waals surface area contributed by atoms with E-state index in [-0.39, 0.29) is 0 Å². The highest BCUT2D eigenvalue weighted by Crippen LogP contribution is 2.01. The third-order valence-electron chi connectivity index (χ3n) is 1.75. The Bertz CT molecular complexity index is 216. The van der Waals surface area contributed by atoms with Gasteiger partial charge >= 0.3 is 6.03 Å². The van der Waals surface area contributed by atoms with Crippen molar-refractivity contribution < 1.29 is 14.7 Å². The van der Waals surface area contributed by atoms with Crippen LogP contribution in [-0.2, 0) is 4.79 Å². The molecule has 1 rings (SSSR count). The first-order valence-corrected chi connectivity index (χ1v) is 3.57. The zero-order valence-electron chi connectivity index (χ0n) is 6.57. The van der Waals surface area contributed by atoms with Crippen LogP contribution < -0.4 is 16.4 Å². The number of carbonyl (C=O) groups is 2. The van der Waals surface area contributed by atoms with Crippen LogP contribution in [0.25, 0.3) is 0 Å². The molecule has 0 bridgehead atoms. The number of urea groups is 1. The average Bonchev–Trinajstić information content (AvgIpc) is 2.28. The first-order chi connectivity index (χ1) is 5.52. The lowest BCUT2D eigenvalue weighted by Crippen LogP contribution is -2.51. The van der Waals surface area contributed by atoms with Crippen LogP contribution in [0, 0.1) is 0 Å². The van der Waals surface area contributed by atoms with Crippen molar-refractivity contribution in [2.75, 3.05) is 0 Å². The molecular weight excluding hydrogens is 162 g/mol. The van der Waals surface area contributed by atoms with Crippen LogP contribution >= 0.6 is 0 Å². The third-order valence-corrected chi connectivity index (χ3v) is 1.75. The molecule has 12 heavy (non-hydrogen) atoms. The maximum atomic E-state index is 10.9. The number of aliphatic hydroxyl groups excluding tert-OH is 1. The summed E-state index contributed by atoms with van der Waals surface area (Å²) in [5.41, 5.74) is 5.45. The molecule has 0 saturated carbocycles. The van der Waals surface area contributed by atoms with E-state index in [1.54, 1.807) is 0 Å². The Morgan fingerprint density at radius 1 is 1.58 bits per heavy atom. The van der Waals surface area contributed by atoms with Crippen molar-refractivity contribution >= 4 is 11.9 Å². The summed E-state index contributed by atoms with van der Waals surface area (Å²) >= 11 is 0. The number of carbonyl (C=O) groups excluding carboxylic acids is 2. The molecule has 1 aliphatic heterocycles. The number of nitrogens with two attached hydrogens (primary N) is 1. The molecule has 1 fully saturated rings. The van der Waals surface area contributed by atoms with Crippen molar-refractivity contribution in [1.29, 1.82) is 0 Å². The minimum absolute atomic E-state index is 0.492. The second kappa shape index (κ2) is 3.08. The summed E-state index contributed by atoms with van der Waals surface area (Å²) in [6.45, 7) is 1.46. The maximum absolute atomic E-state index is 10.9. The fraction of sp³-hybridized carbons (Fsp3) is 0.667. The van der Waals surface area contributed by atoms with E-state index in [2.05, 4.69) is 5.32 Å². The van der Waals surface area contributed by atoms with Crippen molar-refractivity contribution in [3.05, 3.63) is 0 Å². The lowest BCUT2D eigenvalue weighted by atomic mass is 10.1. The van der Waals surface area contributed by atoms with E-state index in [9.17, 15) is 9.59 Å². The maximum Gasteiger partial charge on any atom is 0.322 e. The number of nitrogens with one attached hydrogen (secondary N) is 2. The Morgan fingerprint density at radius 2 is 2.17 bits per heavy atom. The first kappa shape index (κ1) is 8.95. The summed E-state index contributed by atoms with van der Waals surface area (Å²) in [6.07, 6.45) is -0.834. The second-order valence-corrected chi connectivity index (χ2v) is 2.76. The Balaban J connectivity index is 2.64. The van der Waals surface area contributed by atoms with Crippen LogP contribution in [0.3, 0.4) is 0 Å². The van der Waals surface area contributed by atoms with E-state index in [0.29, 0.717) is 0 Å². The zero-order valence-corrected chi connectivity index (χ0v) is 6.57. The Kier molecular flexibility index (Phi) is 2.30. The first-order valence-electron chi connectivity index (χ1n) is 3.57. The molecule has 0 radical (unpaired) electrons. The number of aliphatic hydroxyl groups is 1. The van der Waals surface area contributed by atoms with Crippen LogP contribution in [0.4, 0.5) is 4.79 Å². The number of rotatable bonds is 2. The summed E-state index contributed by atoms with van der Waals surface area (Å²) in [6, 6.07) is -2.16. The highest BCUT2D eigenvalue weighted by atomic mass is 16.3. The van der Waals surface area contributed by atoms with Gasteiger partial charge in [-0.1, -0.05) is 0 Å². The third kappa shape index (κ3) is 1.54. The molecule has 0 aliphatic carbocycles. The van der Waals surface area contributed by atoms with Gasteiger partial charge in [0.15, 0.2) is 0 Å². The van der Waals surface area contributed by atoms with Gasteiger partial charge in [0.2, 0.25) is 0 Å². The Labute approximate surface area is 69.1 Å². The van der Waals surface area contributed by atoms with Crippen molar-refractivity contribution in [2.24, 2.45) is 5.73 Å². The minimum atomic E-state index is -0.834. The van der Waals surface area contributed by atoms with E-state index < -0.39 is 30.1 Å². The lowest BCUT2D eigenvalue weighted by molar-refractivity contribution is -0.121. The summed E-state index contributed by atoms with van der Waals surface area (Å²) < 4.78 is 0. The molecule has 1 heterocycles.